The average Bonchev–Trinajstić information content (AvgIpc) is 3.20. The molecule has 1 atom stereocenters. The van der Waals surface area contributed by atoms with Crippen LogP contribution in [0.1, 0.15) is 40.9 Å². The van der Waals surface area contributed by atoms with Gasteiger partial charge >= 0.3 is 0 Å². The van der Waals surface area contributed by atoms with E-state index in [0.717, 1.165) is 16.8 Å². The largest absolute Gasteiger partial charge is 0.310 e. The monoisotopic (exact) mass is 494 g/mol. The highest BCUT2D eigenvalue weighted by molar-refractivity contribution is 8.02. The molecule has 1 fully saturated rings. The van der Waals surface area contributed by atoms with E-state index in [-0.39, 0.29) is 17.4 Å². The predicted molar refractivity (Wildman–Crippen MR) is 135 cm³/mol. The normalized spacial score (nSPS) is 20.8. The van der Waals surface area contributed by atoms with E-state index in [1.165, 1.54) is 30.0 Å². The SMILES string of the molecule is Cc1ccccc1CN1C(=O)[C@]2(SC(C)(C)CN2C(=O)c2cccc(F)c2)c2cc(Cl)ccc21. The Bertz CT molecular complexity index is 1330. The summed E-state index contributed by atoms with van der Waals surface area (Å²) >= 11 is 7.86. The van der Waals surface area contributed by atoms with Gasteiger partial charge in [-0.2, -0.15) is 0 Å². The van der Waals surface area contributed by atoms with Gasteiger partial charge in [0.05, 0.1) is 12.2 Å². The van der Waals surface area contributed by atoms with Crippen LogP contribution in [-0.4, -0.2) is 28.0 Å². The van der Waals surface area contributed by atoms with Crippen molar-refractivity contribution in [3.8, 4) is 0 Å². The molecule has 1 saturated heterocycles. The number of thioether (sulfide) groups is 1. The van der Waals surface area contributed by atoms with Crippen LogP contribution in [0.5, 0.6) is 0 Å². The quantitative estimate of drug-likeness (QED) is 0.438. The first-order valence-electron chi connectivity index (χ1n) is 11.1. The molecule has 2 heterocycles. The Kier molecular flexibility index (Phi) is 5.49. The second kappa shape index (κ2) is 8.14. The van der Waals surface area contributed by atoms with Crippen molar-refractivity contribution in [2.24, 2.45) is 0 Å². The number of hydrogen-bond donors (Lipinski definition) is 0. The number of hydrogen-bond acceptors (Lipinski definition) is 3. The summed E-state index contributed by atoms with van der Waals surface area (Å²) in [7, 11) is 0. The molecule has 0 radical (unpaired) electrons. The maximum Gasteiger partial charge on any atom is 0.268 e. The fourth-order valence-corrected chi connectivity index (χ4v) is 6.76. The number of carbonyl (C=O) groups excluding carboxylic acids is 2. The van der Waals surface area contributed by atoms with E-state index in [1.54, 1.807) is 28.0 Å². The molecule has 2 aliphatic rings. The molecule has 2 aliphatic heterocycles. The number of aryl methyl sites for hydroxylation is 1. The van der Waals surface area contributed by atoms with E-state index in [9.17, 15) is 14.0 Å². The van der Waals surface area contributed by atoms with Gasteiger partial charge in [-0.05, 0) is 68.3 Å². The highest BCUT2D eigenvalue weighted by atomic mass is 35.5. The molecule has 4 nitrogen and oxygen atoms in total. The summed E-state index contributed by atoms with van der Waals surface area (Å²) in [5, 5.41) is 0.493. The van der Waals surface area contributed by atoms with Gasteiger partial charge in [-0.1, -0.05) is 41.9 Å². The van der Waals surface area contributed by atoms with Crippen molar-refractivity contribution in [1.82, 2.24) is 4.90 Å². The van der Waals surface area contributed by atoms with Gasteiger partial charge < -0.3 is 9.80 Å². The molecule has 0 aliphatic carbocycles. The minimum Gasteiger partial charge on any atom is -0.310 e. The van der Waals surface area contributed by atoms with Gasteiger partial charge in [0, 0.05) is 27.4 Å². The van der Waals surface area contributed by atoms with Gasteiger partial charge in [0.1, 0.15) is 5.82 Å². The minimum atomic E-state index is -1.28. The number of benzene rings is 3. The Morgan fingerprint density at radius 3 is 2.59 bits per heavy atom. The minimum absolute atomic E-state index is 0.187. The summed E-state index contributed by atoms with van der Waals surface area (Å²) in [5.74, 6) is -1.06. The van der Waals surface area contributed by atoms with Crippen LogP contribution in [0.2, 0.25) is 5.02 Å². The van der Waals surface area contributed by atoms with Crippen molar-refractivity contribution in [2.75, 3.05) is 11.4 Å². The Balaban J connectivity index is 1.67. The third-order valence-corrected chi connectivity index (χ3v) is 8.23. The number of fused-ring (bicyclic) bond motifs is 2. The van der Waals surface area contributed by atoms with Crippen molar-refractivity contribution < 1.29 is 14.0 Å². The van der Waals surface area contributed by atoms with Crippen LogP contribution in [0, 0.1) is 12.7 Å². The van der Waals surface area contributed by atoms with E-state index < -0.39 is 15.4 Å². The molecule has 0 bridgehead atoms. The number of carbonyl (C=O) groups is 2. The summed E-state index contributed by atoms with van der Waals surface area (Å²) in [5.41, 5.74) is 3.75. The van der Waals surface area contributed by atoms with Gasteiger partial charge in [0.2, 0.25) is 0 Å². The molecule has 0 N–H and O–H groups in total. The summed E-state index contributed by atoms with van der Waals surface area (Å²) in [4.78, 5) is 30.1. The van der Waals surface area contributed by atoms with Crippen molar-refractivity contribution in [1.29, 1.82) is 0 Å². The summed E-state index contributed by atoms with van der Waals surface area (Å²) < 4.78 is 13.6. The number of nitrogens with zero attached hydrogens (tertiary/aromatic N) is 2. The zero-order valence-electron chi connectivity index (χ0n) is 19.1. The maximum absolute atomic E-state index is 14.3. The lowest BCUT2D eigenvalue weighted by atomic mass is 10.0. The van der Waals surface area contributed by atoms with Crippen LogP contribution >= 0.6 is 23.4 Å². The first-order valence-corrected chi connectivity index (χ1v) is 12.3. The van der Waals surface area contributed by atoms with E-state index >= 15 is 0 Å². The van der Waals surface area contributed by atoms with Crippen LogP contribution in [0.4, 0.5) is 10.1 Å². The molecular weight excluding hydrogens is 471 g/mol. The van der Waals surface area contributed by atoms with E-state index in [0.29, 0.717) is 23.7 Å². The van der Waals surface area contributed by atoms with Gasteiger partial charge in [0.15, 0.2) is 4.87 Å². The third-order valence-electron chi connectivity index (χ3n) is 6.40. The molecule has 7 heteroatoms. The molecule has 5 rings (SSSR count). The zero-order chi connectivity index (χ0) is 24.3. The second-order valence-electron chi connectivity index (χ2n) is 9.39. The van der Waals surface area contributed by atoms with Crippen molar-refractivity contribution >= 4 is 40.9 Å². The molecular formula is C27H24ClFN2O2S. The predicted octanol–water partition coefficient (Wildman–Crippen LogP) is 6.15. The van der Waals surface area contributed by atoms with Gasteiger partial charge in [-0.3, -0.25) is 9.59 Å². The van der Waals surface area contributed by atoms with Crippen LogP contribution < -0.4 is 4.90 Å². The topological polar surface area (TPSA) is 40.6 Å². The lowest BCUT2D eigenvalue weighted by molar-refractivity contribution is -0.123. The van der Waals surface area contributed by atoms with Crippen LogP contribution in [0.3, 0.4) is 0 Å². The zero-order valence-corrected chi connectivity index (χ0v) is 20.7. The molecule has 3 aromatic carbocycles. The molecule has 3 aromatic rings. The second-order valence-corrected chi connectivity index (χ2v) is 11.7. The molecule has 2 amide bonds. The van der Waals surface area contributed by atoms with Crippen LogP contribution in [-0.2, 0) is 16.2 Å². The summed E-state index contributed by atoms with van der Waals surface area (Å²) in [6.45, 7) is 6.76. The fraction of sp³-hybridized carbons (Fsp3) is 0.259. The lowest BCUT2D eigenvalue weighted by Crippen LogP contribution is -2.50. The Hall–Kier alpha value is -2.83. The highest BCUT2D eigenvalue weighted by Crippen LogP contribution is 2.60. The number of amides is 2. The van der Waals surface area contributed by atoms with E-state index in [1.807, 2.05) is 51.1 Å². The maximum atomic E-state index is 14.3. The smallest absolute Gasteiger partial charge is 0.268 e. The Morgan fingerprint density at radius 1 is 1.09 bits per heavy atom. The van der Waals surface area contributed by atoms with Gasteiger partial charge in [-0.15, -0.1) is 11.8 Å². The third kappa shape index (κ3) is 3.60. The van der Waals surface area contributed by atoms with E-state index in [2.05, 4.69) is 0 Å². The first-order chi connectivity index (χ1) is 16.1. The van der Waals surface area contributed by atoms with Gasteiger partial charge in [0.25, 0.3) is 11.8 Å². The summed E-state index contributed by atoms with van der Waals surface area (Å²) in [6.07, 6.45) is 0. The number of anilines is 1. The van der Waals surface area contributed by atoms with Crippen molar-refractivity contribution in [3.63, 3.8) is 0 Å². The molecule has 0 saturated carbocycles. The molecule has 0 aromatic heterocycles. The van der Waals surface area contributed by atoms with Crippen molar-refractivity contribution in [2.45, 2.75) is 36.9 Å². The molecule has 174 valence electrons. The highest BCUT2D eigenvalue weighted by Gasteiger charge is 2.63. The Labute approximate surface area is 207 Å². The molecule has 0 unspecified atom stereocenters. The van der Waals surface area contributed by atoms with E-state index in [4.69, 9.17) is 11.6 Å². The number of halogens is 2. The van der Waals surface area contributed by atoms with Crippen LogP contribution in [0.15, 0.2) is 66.7 Å². The standard InChI is InChI=1S/C27H24ClFN2O2S/c1-17-7-4-5-8-19(17)15-30-23-12-11-20(28)14-22(23)27(25(30)33)31(16-26(2,3)34-27)24(32)18-9-6-10-21(29)13-18/h4-14H,15-16H2,1-3H3/t27-/m1/s1. The molecule has 34 heavy (non-hydrogen) atoms. The van der Waals surface area contributed by atoms with Crippen molar-refractivity contribution in [3.05, 3.63) is 99.8 Å². The Morgan fingerprint density at radius 2 is 1.85 bits per heavy atom. The van der Waals surface area contributed by atoms with Crippen LogP contribution in [0.25, 0.3) is 0 Å². The molecule has 1 spiro atoms. The summed E-state index contributed by atoms with van der Waals surface area (Å²) in [6, 6.07) is 18.9. The average molecular weight is 495 g/mol. The number of rotatable bonds is 3. The fourth-order valence-electron chi connectivity index (χ4n) is 4.87. The first kappa shape index (κ1) is 22.9. The lowest BCUT2D eigenvalue weighted by Gasteiger charge is -2.33. The van der Waals surface area contributed by atoms with Gasteiger partial charge in [-0.25, -0.2) is 4.39 Å².